The molecule has 1 heterocycles. The van der Waals surface area contributed by atoms with Gasteiger partial charge in [-0.15, -0.1) is 5.43 Å². The minimum atomic E-state index is 0.365. The van der Waals surface area contributed by atoms with Gasteiger partial charge in [0.25, 0.3) is 5.95 Å². The summed E-state index contributed by atoms with van der Waals surface area (Å²) in [4.78, 5) is 11.4. The van der Waals surface area contributed by atoms with Crippen LogP contribution in [0.1, 0.15) is 0 Å². The molecule has 0 unspecified atom stereocenters. The average Bonchev–Trinajstić information content (AvgIpc) is 2.29. The Morgan fingerprint density at radius 1 is 1.00 bits per heavy atom. The van der Waals surface area contributed by atoms with E-state index >= 15 is 0 Å². The highest BCUT2D eigenvalue weighted by atomic mass is 15.4. The molecule has 5 heteroatoms. The topological polar surface area (TPSA) is 64.8 Å². The Bertz CT molecular complexity index is 335. The smallest absolute Gasteiger partial charge is 0.269 e. The molecule has 1 N–H and O–H groups in total. The second kappa shape index (κ2) is 4.18. The molecule has 1 aromatic carbocycles. The SMILES string of the molecule is c1ccc(N[N]c2ncncn2)cc1. The van der Waals surface area contributed by atoms with Crippen molar-refractivity contribution in [3.8, 4) is 0 Å². The fourth-order valence-corrected chi connectivity index (χ4v) is 0.918. The van der Waals surface area contributed by atoms with E-state index in [2.05, 4.69) is 25.8 Å². The van der Waals surface area contributed by atoms with Gasteiger partial charge in [-0.1, -0.05) is 18.2 Å². The summed E-state index contributed by atoms with van der Waals surface area (Å²) >= 11 is 0. The Kier molecular flexibility index (Phi) is 2.51. The molecule has 0 atom stereocenters. The summed E-state index contributed by atoms with van der Waals surface area (Å²) in [5.74, 6) is 0.365. The van der Waals surface area contributed by atoms with Gasteiger partial charge in [-0.25, -0.2) is 4.98 Å². The Morgan fingerprint density at radius 2 is 1.71 bits per heavy atom. The van der Waals surface area contributed by atoms with Gasteiger partial charge in [0.15, 0.2) is 0 Å². The number of rotatable bonds is 3. The predicted molar refractivity (Wildman–Crippen MR) is 51.7 cm³/mol. The van der Waals surface area contributed by atoms with Crippen LogP contribution in [0, 0.1) is 0 Å². The van der Waals surface area contributed by atoms with E-state index in [0.717, 1.165) is 5.69 Å². The van der Waals surface area contributed by atoms with Crippen LogP contribution in [-0.4, -0.2) is 15.0 Å². The number of aromatic nitrogens is 3. The first kappa shape index (κ1) is 8.43. The molecular weight excluding hydrogens is 178 g/mol. The lowest BCUT2D eigenvalue weighted by Gasteiger charge is -2.02. The Balaban J connectivity index is 1.96. The summed E-state index contributed by atoms with van der Waals surface area (Å²) in [6, 6.07) is 9.60. The molecule has 5 nitrogen and oxygen atoms in total. The highest BCUT2D eigenvalue weighted by Gasteiger charge is 1.94. The summed E-state index contributed by atoms with van der Waals surface area (Å²) in [6.07, 6.45) is 2.80. The molecule has 14 heavy (non-hydrogen) atoms. The van der Waals surface area contributed by atoms with E-state index in [1.807, 2.05) is 30.3 Å². The summed E-state index contributed by atoms with van der Waals surface area (Å²) in [5.41, 5.74) is 7.69. The lowest BCUT2D eigenvalue weighted by atomic mass is 10.3. The molecule has 0 aliphatic rings. The lowest BCUT2D eigenvalue weighted by molar-refractivity contribution is 0.905. The minimum absolute atomic E-state index is 0.365. The van der Waals surface area contributed by atoms with Crippen LogP contribution in [0.3, 0.4) is 0 Å². The van der Waals surface area contributed by atoms with Crippen LogP contribution in [-0.2, 0) is 0 Å². The second-order valence-corrected chi connectivity index (χ2v) is 2.53. The fourth-order valence-electron chi connectivity index (χ4n) is 0.918. The van der Waals surface area contributed by atoms with Crippen LogP contribution in [0.15, 0.2) is 43.0 Å². The minimum Gasteiger partial charge on any atom is -0.275 e. The van der Waals surface area contributed by atoms with Crippen molar-refractivity contribution in [2.45, 2.75) is 0 Å². The number of anilines is 1. The molecule has 1 aromatic heterocycles. The molecule has 2 rings (SSSR count). The zero-order chi connectivity index (χ0) is 9.64. The van der Waals surface area contributed by atoms with Gasteiger partial charge in [0.2, 0.25) is 0 Å². The molecule has 69 valence electrons. The lowest BCUT2D eigenvalue weighted by Crippen LogP contribution is -2.09. The van der Waals surface area contributed by atoms with Crippen molar-refractivity contribution in [3.63, 3.8) is 0 Å². The van der Waals surface area contributed by atoms with Gasteiger partial charge in [-0.3, -0.25) is 5.43 Å². The van der Waals surface area contributed by atoms with Crippen LogP contribution >= 0.6 is 0 Å². The third kappa shape index (κ3) is 2.16. The maximum Gasteiger partial charge on any atom is 0.269 e. The van der Waals surface area contributed by atoms with E-state index in [4.69, 9.17) is 0 Å². The third-order valence-electron chi connectivity index (χ3n) is 1.54. The second-order valence-electron chi connectivity index (χ2n) is 2.53. The molecule has 0 fully saturated rings. The van der Waals surface area contributed by atoms with Gasteiger partial charge in [0.1, 0.15) is 12.7 Å². The number of nitrogens with zero attached hydrogens (tertiary/aromatic N) is 4. The summed E-state index contributed by atoms with van der Waals surface area (Å²) in [5, 5.41) is 0. The number of hydrogen-bond acceptors (Lipinski definition) is 4. The van der Waals surface area contributed by atoms with Gasteiger partial charge in [-0.2, -0.15) is 9.97 Å². The molecule has 0 saturated heterocycles. The van der Waals surface area contributed by atoms with Gasteiger partial charge < -0.3 is 0 Å². The van der Waals surface area contributed by atoms with Crippen molar-refractivity contribution in [1.82, 2.24) is 20.4 Å². The predicted octanol–water partition coefficient (Wildman–Crippen LogP) is 1.13. The number of para-hydroxylation sites is 1. The van der Waals surface area contributed by atoms with E-state index in [-0.39, 0.29) is 0 Å². The van der Waals surface area contributed by atoms with Crippen molar-refractivity contribution >= 4 is 11.6 Å². The number of benzene rings is 1. The zero-order valence-corrected chi connectivity index (χ0v) is 7.33. The van der Waals surface area contributed by atoms with Crippen LogP contribution in [0.25, 0.3) is 0 Å². The van der Waals surface area contributed by atoms with E-state index in [1.54, 1.807) is 0 Å². The van der Waals surface area contributed by atoms with Crippen molar-refractivity contribution in [2.75, 3.05) is 5.43 Å². The Labute approximate surface area is 81.2 Å². The normalized spacial score (nSPS) is 9.43. The maximum atomic E-state index is 3.96. The van der Waals surface area contributed by atoms with Gasteiger partial charge in [-0.05, 0) is 12.1 Å². The van der Waals surface area contributed by atoms with E-state index in [1.165, 1.54) is 12.7 Å². The van der Waals surface area contributed by atoms with Gasteiger partial charge >= 0.3 is 0 Å². The molecule has 0 saturated carbocycles. The number of nitrogens with one attached hydrogen (secondary N) is 1. The first-order valence-corrected chi connectivity index (χ1v) is 4.09. The molecule has 0 amide bonds. The van der Waals surface area contributed by atoms with Gasteiger partial charge in [0.05, 0.1) is 5.69 Å². The van der Waals surface area contributed by atoms with E-state index in [9.17, 15) is 0 Å². The molecule has 0 aliphatic heterocycles. The highest BCUT2D eigenvalue weighted by molar-refractivity contribution is 5.42. The van der Waals surface area contributed by atoms with Crippen molar-refractivity contribution in [1.29, 1.82) is 0 Å². The molecule has 0 bridgehead atoms. The molecule has 1 radical (unpaired) electrons. The standard InChI is InChI=1S/C9H8N5/c1-2-4-8(5-3-1)13-14-9-11-6-10-7-12-9/h1-7,13H. The molecule has 0 spiro atoms. The van der Waals surface area contributed by atoms with E-state index < -0.39 is 0 Å². The Hall–Kier alpha value is -2.17. The first-order chi connectivity index (χ1) is 6.95. The van der Waals surface area contributed by atoms with Crippen molar-refractivity contribution < 1.29 is 0 Å². The third-order valence-corrected chi connectivity index (χ3v) is 1.54. The summed E-state index contributed by atoms with van der Waals surface area (Å²) < 4.78 is 0. The zero-order valence-electron chi connectivity index (χ0n) is 7.33. The first-order valence-electron chi connectivity index (χ1n) is 4.09. The average molecular weight is 186 g/mol. The molecular formula is C9H8N5. The van der Waals surface area contributed by atoms with Crippen molar-refractivity contribution in [3.05, 3.63) is 43.0 Å². The molecule has 0 aliphatic carbocycles. The quantitative estimate of drug-likeness (QED) is 0.730. The van der Waals surface area contributed by atoms with Crippen LogP contribution in [0.5, 0.6) is 0 Å². The fraction of sp³-hybridized carbons (Fsp3) is 0. The van der Waals surface area contributed by atoms with Gasteiger partial charge in [0, 0.05) is 0 Å². The Morgan fingerprint density at radius 3 is 2.43 bits per heavy atom. The summed E-state index contributed by atoms with van der Waals surface area (Å²) in [6.45, 7) is 0. The number of hydrogen-bond donors (Lipinski definition) is 1. The van der Waals surface area contributed by atoms with E-state index in [0.29, 0.717) is 5.95 Å². The monoisotopic (exact) mass is 186 g/mol. The summed E-state index contributed by atoms with van der Waals surface area (Å²) in [7, 11) is 0. The van der Waals surface area contributed by atoms with Crippen LogP contribution in [0.2, 0.25) is 0 Å². The molecule has 2 aromatic rings. The largest absolute Gasteiger partial charge is 0.275 e. The highest BCUT2D eigenvalue weighted by Crippen LogP contribution is 2.04. The maximum absolute atomic E-state index is 3.96. The van der Waals surface area contributed by atoms with Crippen molar-refractivity contribution in [2.24, 2.45) is 0 Å². The van der Waals surface area contributed by atoms with Crippen LogP contribution < -0.4 is 10.9 Å². The van der Waals surface area contributed by atoms with Crippen LogP contribution in [0.4, 0.5) is 11.6 Å².